The van der Waals surface area contributed by atoms with Crippen LogP contribution >= 0.6 is 0 Å². The number of hydrogen-bond acceptors (Lipinski definition) is 6. The van der Waals surface area contributed by atoms with Crippen molar-refractivity contribution in [1.82, 2.24) is 19.5 Å². The van der Waals surface area contributed by atoms with Crippen LogP contribution in [0, 0.1) is 6.92 Å². The molecule has 24 heavy (non-hydrogen) atoms. The fraction of sp³-hybridized carbons (Fsp3) is 0.176. The average molecular weight is 322 g/mol. The van der Waals surface area contributed by atoms with Crippen LogP contribution in [0.15, 0.2) is 53.6 Å². The van der Waals surface area contributed by atoms with E-state index in [0.29, 0.717) is 12.4 Å². The highest BCUT2D eigenvalue weighted by atomic mass is 16.1. The Morgan fingerprint density at radius 1 is 1.04 bits per heavy atom. The molecule has 3 rings (SSSR count). The number of aryl methyl sites for hydroxylation is 1. The van der Waals surface area contributed by atoms with Gasteiger partial charge in [0.2, 0.25) is 5.95 Å². The summed E-state index contributed by atoms with van der Waals surface area (Å²) in [6, 6.07) is 11.4. The van der Waals surface area contributed by atoms with Gasteiger partial charge in [-0.05, 0) is 31.5 Å². The second-order valence-corrected chi connectivity index (χ2v) is 5.20. The number of hydrogen-bond donors (Lipinski definition) is 2. The van der Waals surface area contributed by atoms with Crippen LogP contribution in [-0.2, 0) is 6.54 Å². The maximum Gasteiger partial charge on any atom is 0.352 e. The van der Waals surface area contributed by atoms with Crippen LogP contribution in [-0.4, -0.2) is 19.5 Å². The van der Waals surface area contributed by atoms with Crippen molar-refractivity contribution in [2.45, 2.75) is 20.4 Å². The van der Waals surface area contributed by atoms with Gasteiger partial charge >= 0.3 is 5.69 Å². The minimum absolute atomic E-state index is 0.222. The summed E-state index contributed by atoms with van der Waals surface area (Å²) in [5, 5.41) is 0. The summed E-state index contributed by atoms with van der Waals surface area (Å²) in [6.07, 6.45) is 3.33. The minimum atomic E-state index is -0.343. The Morgan fingerprint density at radius 3 is 2.50 bits per heavy atom. The standard InChI is InChI=1S/C17H18N6O/c1-3-23-15(14-7-5-4-6-12(14)2)19-16(20-17(23)24)22-21-13-8-10-18-11-9-13/h4-11H,3H2,1-2H3,(H,18,21)(H,20,22,24). The van der Waals surface area contributed by atoms with E-state index < -0.39 is 0 Å². The fourth-order valence-corrected chi connectivity index (χ4v) is 2.36. The van der Waals surface area contributed by atoms with E-state index in [1.165, 1.54) is 0 Å². The highest BCUT2D eigenvalue weighted by Crippen LogP contribution is 2.20. The molecule has 0 spiro atoms. The van der Waals surface area contributed by atoms with E-state index in [2.05, 4.69) is 25.8 Å². The van der Waals surface area contributed by atoms with Gasteiger partial charge in [0.15, 0.2) is 0 Å². The second kappa shape index (κ2) is 6.91. The van der Waals surface area contributed by atoms with Gasteiger partial charge in [-0.3, -0.25) is 20.4 Å². The summed E-state index contributed by atoms with van der Waals surface area (Å²) >= 11 is 0. The Bertz CT molecular complexity index is 891. The summed E-state index contributed by atoms with van der Waals surface area (Å²) < 4.78 is 1.56. The first-order valence-corrected chi connectivity index (χ1v) is 7.66. The van der Waals surface area contributed by atoms with Gasteiger partial charge in [-0.15, -0.1) is 0 Å². The second-order valence-electron chi connectivity index (χ2n) is 5.20. The van der Waals surface area contributed by atoms with E-state index in [4.69, 9.17) is 0 Å². The molecular formula is C17H18N6O. The predicted molar refractivity (Wildman–Crippen MR) is 93.6 cm³/mol. The van der Waals surface area contributed by atoms with Crippen molar-refractivity contribution in [3.8, 4) is 11.4 Å². The molecule has 0 saturated carbocycles. The van der Waals surface area contributed by atoms with Crippen molar-refractivity contribution in [1.29, 1.82) is 0 Å². The zero-order chi connectivity index (χ0) is 16.9. The van der Waals surface area contributed by atoms with Gasteiger partial charge in [-0.25, -0.2) is 4.79 Å². The third kappa shape index (κ3) is 3.24. The third-order valence-corrected chi connectivity index (χ3v) is 3.60. The molecule has 0 aliphatic rings. The number of hydrazine groups is 1. The molecule has 7 heteroatoms. The lowest BCUT2D eigenvalue weighted by Gasteiger charge is -2.14. The molecular weight excluding hydrogens is 304 g/mol. The zero-order valence-corrected chi connectivity index (χ0v) is 13.5. The van der Waals surface area contributed by atoms with Gasteiger partial charge in [0, 0.05) is 24.5 Å². The molecule has 122 valence electrons. The van der Waals surface area contributed by atoms with Crippen LogP contribution in [0.2, 0.25) is 0 Å². The van der Waals surface area contributed by atoms with Crippen molar-refractivity contribution < 1.29 is 0 Å². The molecule has 0 amide bonds. The van der Waals surface area contributed by atoms with Gasteiger partial charge < -0.3 is 0 Å². The highest BCUT2D eigenvalue weighted by Gasteiger charge is 2.12. The molecule has 0 saturated heterocycles. The van der Waals surface area contributed by atoms with E-state index in [0.717, 1.165) is 16.8 Å². The van der Waals surface area contributed by atoms with E-state index in [-0.39, 0.29) is 11.6 Å². The van der Waals surface area contributed by atoms with Crippen molar-refractivity contribution in [2.24, 2.45) is 0 Å². The number of rotatable bonds is 5. The molecule has 7 nitrogen and oxygen atoms in total. The Morgan fingerprint density at radius 2 is 1.79 bits per heavy atom. The van der Waals surface area contributed by atoms with Gasteiger partial charge in [0.25, 0.3) is 0 Å². The van der Waals surface area contributed by atoms with Crippen LogP contribution in [0.3, 0.4) is 0 Å². The lowest BCUT2D eigenvalue weighted by molar-refractivity contribution is 0.687. The summed E-state index contributed by atoms with van der Waals surface area (Å²) in [7, 11) is 0. The SMILES string of the molecule is CCn1c(-c2ccccc2C)nc(NNc2ccncc2)nc1=O. The van der Waals surface area contributed by atoms with Crippen molar-refractivity contribution >= 4 is 11.6 Å². The Labute approximate surface area is 139 Å². The molecule has 2 heterocycles. The van der Waals surface area contributed by atoms with Crippen LogP contribution in [0.4, 0.5) is 11.6 Å². The topological polar surface area (TPSA) is 84.7 Å². The molecule has 0 atom stereocenters. The number of nitrogens with one attached hydrogen (secondary N) is 2. The molecule has 0 radical (unpaired) electrons. The van der Waals surface area contributed by atoms with E-state index >= 15 is 0 Å². The number of nitrogens with zero attached hydrogens (tertiary/aromatic N) is 4. The largest absolute Gasteiger partial charge is 0.352 e. The monoisotopic (exact) mass is 322 g/mol. The Kier molecular flexibility index (Phi) is 4.51. The average Bonchev–Trinajstić information content (AvgIpc) is 2.61. The van der Waals surface area contributed by atoms with Gasteiger partial charge in [-0.1, -0.05) is 24.3 Å². The number of benzene rings is 1. The summed E-state index contributed by atoms with van der Waals surface area (Å²) in [5.74, 6) is 0.814. The van der Waals surface area contributed by atoms with Crippen LogP contribution < -0.4 is 16.5 Å². The Balaban J connectivity index is 1.98. The maximum absolute atomic E-state index is 12.3. The van der Waals surface area contributed by atoms with Crippen LogP contribution in [0.1, 0.15) is 12.5 Å². The van der Waals surface area contributed by atoms with Crippen molar-refractivity contribution in [3.63, 3.8) is 0 Å². The number of anilines is 2. The fourth-order valence-electron chi connectivity index (χ4n) is 2.36. The van der Waals surface area contributed by atoms with Crippen LogP contribution in [0.25, 0.3) is 11.4 Å². The molecule has 1 aromatic carbocycles. The quantitative estimate of drug-likeness (QED) is 0.702. The Hall–Kier alpha value is -3.22. The lowest BCUT2D eigenvalue weighted by Crippen LogP contribution is -2.28. The number of aromatic nitrogens is 4. The van der Waals surface area contributed by atoms with Gasteiger partial charge in [0.1, 0.15) is 5.82 Å². The van der Waals surface area contributed by atoms with Crippen molar-refractivity contribution in [3.05, 3.63) is 64.8 Å². The minimum Gasteiger partial charge on any atom is -0.298 e. The molecule has 2 N–H and O–H groups in total. The normalized spacial score (nSPS) is 10.4. The van der Waals surface area contributed by atoms with Crippen LogP contribution in [0.5, 0.6) is 0 Å². The summed E-state index contributed by atoms with van der Waals surface area (Å²) in [5.41, 5.74) is 8.23. The maximum atomic E-state index is 12.3. The molecule has 0 bridgehead atoms. The number of pyridine rings is 1. The van der Waals surface area contributed by atoms with Gasteiger partial charge in [0.05, 0.1) is 5.69 Å². The molecule has 0 unspecified atom stereocenters. The molecule has 0 aliphatic heterocycles. The molecule has 0 fully saturated rings. The first-order chi connectivity index (χ1) is 11.7. The third-order valence-electron chi connectivity index (χ3n) is 3.60. The zero-order valence-electron chi connectivity index (χ0n) is 13.5. The first kappa shape index (κ1) is 15.7. The molecule has 2 aromatic heterocycles. The van der Waals surface area contributed by atoms with E-state index in [9.17, 15) is 4.79 Å². The summed E-state index contributed by atoms with van der Waals surface area (Å²) in [6.45, 7) is 4.39. The highest BCUT2D eigenvalue weighted by molar-refractivity contribution is 5.61. The van der Waals surface area contributed by atoms with Crippen molar-refractivity contribution in [2.75, 3.05) is 10.9 Å². The van der Waals surface area contributed by atoms with Gasteiger partial charge in [-0.2, -0.15) is 9.97 Å². The predicted octanol–water partition coefficient (Wildman–Crippen LogP) is 2.47. The summed E-state index contributed by atoms with van der Waals surface area (Å²) in [4.78, 5) is 24.8. The van der Waals surface area contributed by atoms with E-state index in [1.807, 2.05) is 38.1 Å². The van der Waals surface area contributed by atoms with E-state index in [1.54, 1.807) is 29.1 Å². The molecule has 3 aromatic rings. The smallest absolute Gasteiger partial charge is 0.298 e. The first-order valence-electron chi connectivity index (χ1n) is 7.66. The molecule has 0 aliphatic carbocycles. The lowest BCUT2D eigenvalue weighted by atomic mass is 10.1.